The van der Waals surface area contributed by atoms with Crippen molar-refractivity contribution in [2.75, 3.05) is 11.9 Å². The molecule has 0 aromatic heterocycles. The van der Waals surface area contributed by atoms with Gasteiger partial charge in [0.1, 0.15) is 0 Å². The molecule has 1 aromatic rings. The Balaban J connectivity index is 2.86. The van der Waals surface area contributed by atoms with E-state index in [1.54, 1.807) is 0 Å². The standard InChI is InChI=1S/C13H18N2/c1-4-12-8-10(2)11(3)13(9-12)15-7-5-6-14/h8-9,15H,4-5,7H2,1-3H3. The highest BCUT2D eigenvalue weighted by Crippen LogP contribution is 2.21. The lowest BCUT2D eigenvalue weighted by Crippen LogP contribution is -2.03. The Morgan fingerprint density at radius 1 is 1.33 bits per heavy atom. The number of nitrogens with zero attached hydrogens (tertiary/aromatic N) is 1. The molecule has 1 N–H and O–H groups in total. The van der Waals surface area contributed by atoms with E-state index in [0.29, 0.717) is 6.42 Å². The molecule has 1 aromatic carbocycles. The molecule has 80 valence electrons. The van der Waals surface area contributed by atoms with Gasteiger partial charge in [0.15, 0.2) is 0 Å². The highest BCUT2D eigenvalue weighted by molar-refractivity contribution is 5.56. The molecular weight excluding hydrogens is 184 g/mol. The fourth-order valence-corrected chi connectivity index (χ4v) is 1.57. The van der Waals surface area contributed by atoms with Crippen molar-refractivity contribution in [2.45, 2.75) is 33.6 Å². The Morgan fingerprint density at radius 3 is 2.67 bits per heavy atom. The fourth-order valence-electron chi connectivity index (χ4n) is 1.57. The molecule has 0 aliphatic carbocycles. The van der Waals surface area contributed by atoms with Gasteiger partial charge in [-0.05, 0) is 43.0 Å². The molecule has 0 heterocycles. The van der Waals surface area contributed by atoms with Crippen molar-refractivity contribution in [1.29, 1.82) is 5.26 Å². The van der Waals surface area contributed by atoms with Crippen LogP contribution < -0.4 is 5.32 Å². The SMILES string of the molecule is CCc1cc(C)c(C)c(NCCC#N)c1. The van der Waals surface area contributed by atoms with E-state index in [1.807, 2.05) is 0 Å². The molecule has 0 atom stereocenters. The Labute approximate surface area is 91.9 Å². The van der Waals surface area contributed by atoms with Crippen LogP contribution in [0.1, 0.15) is 30.0 Å². The van der Waals surface area contributed by atoms with Crippen molar-refractivity contribution in [3.63, 3.8) is 0 Å². The van der Waals surface area contributed by atoms with Gasteiger partial charge < -0.3 is 5.32 Å². The van der Waals surface area contributed by atoms with Gasteiger partial charge in [-0.15, -0.1) is 0 Å². The van der Waals surface area contributed by atoms with Gasteiger partial charge in [0.2, 0.25) is 0 Å². The molecular formula is C13H18N2. The zero-order valence-corrected chi connectivity index (χ0v) is 9.72. The normalized spacial score (nSPS) is 9.73. The minimum Gasteiger partial charge on any atom is -0.384 e. The molecule has 0 amide bonds. The van der Waals surface area contributed by atoms with Gasteiger partial charge in [-0.25, -0.2) is 0 Å². The summed E-state index contributed by atoms with van der Waals surface area (Å²) in [6, 6.07) is 6.55. The predicted octanol–water partition coefficient (Wildman–Crippen LogP) is 3.19. The lowest BCUT2D eigenvalue weighted by Gasteiger charge is -2.12. The number of nitrogens with one attached hydrogen (secondary N) is 1. The van der Waals surface area contributed by atoms with Gasteiger partial charge in [-0.1, -0.05) is 13.0 Å². The number of aryl methyl sites for hydroxylation is 2. The number of anilines is 1. The topological polar surface area (TPSA) is 35.8 Å². The molecule has 0 fully saturated rings. The maximum absolute atomic E-state index is 8.48. The van der Waals surface area contributed by atoms with Gasteiger partial charge in [-0.2, -0.15) is 5.26 Å². The first-order valence-corrected chi connectivity index (χ1v) is 5.40. The average Bonchev–Trinajstić information content (AvgIpc) is 2.24. The van der Waals surface area contributed by atoms with Crippen LogP contribution in [0.4, 0.5) is 5.69 Å². The Bertz CT molecular complexity index is 375. The summed E-state index contributed by atoms with van der Waals surface area (Å²) in [6.07, 6.45) is 1.60. The van der Waals surface area contributed by atoms with E-state index < -0.39 is 0 Å². The molecule has 0 spiro atoms. The molecule has 0 saturated carbocycles. The van der Waals surface area contributed by atoms with Crippen LogP contribution in [0.3, 0.4) is 0 Å². The van der Waals surface area contributed by atoms with Crippen LogP contribution in [0, 0.1) is 25.2 Å². The Hall–Kier alpha value is -1.49. The molecule has 15 heavy (non-hydrogen) atoms. The quantitative estimate of drug-likeness (QED) is 0.761. The second-order valence-electron chi connectivity index (χ2n) is 3.77. The van der Waals surface area contributed by atoms with Gasteiger partial charge in [0.25, 0.3) is 0 Å². The highest BCUT2D eigenvalue weighted by atomic mass is 14.9. The summed E-state index contributed by atoms with van der Waals surface area (Å²) in [5, 5.41) is 11.8. The maximum atomic E-state index is 8.48. The van der Waals surface area contributed by atoms with Crippen LogP contribution in [-0.2, 0) is 6.42 Å². The van der Waals surface area contributed by atoms with E-state index in [1.165, 1.54) is 22.4 Å². The van der Waals surface area contributed by atoms with Crippen LogP contribution in [0.2, 0.25) is 0 Å². The lowest BCUT2D eigenvalue weighted by molar-refractivity contribution is 1.06. The molecule has 0 radical (unpaired) electrons. The van der Waals surface area contributed by atoms with Crippen LogP contribution in [0.25, 0.3) is 0 Å². The molecule has 0 bridgehead atoms. The Kier molecular flexibility index (Phi) is 4.17. The number of nitriles is 1. The molecule has 0 aliphatic heterocycles. The molecule has 1 rings (SSSR count). The molecule has 0 aliphatic rings. The van der Waals surface area contributed by atoms with E-state index in [0.717, 1.165) is 13.0 Å². The first-order valence-electron chi connectivity index (χ1n) is 5.40. The summed E-state index contributed by atoms with van der Waals surface area (Å²) < 4.78 is 0. The average molecular weight is 202 g/mol. The second-order valence-corrected chi connectivity index (χ2v) is 3.77. The first kappa shape index (κ1) is 11.6. The summed E-state index contributed by atoms with van der Waals surface area (Å²) in [5.74, 6) is 0. The number of rotatable bonds is 4. The van der Waals surface area contributed by atoms with Crippen LogP contribution in [-0.4, -0.2) is 6.54 Å². The zero-order valence-electron chi connectivity index (χ0n) is 9.72. The molecule has 0 unspecified atom stereocenters. The molecule has 2 heteroatoms. The largest absolute Gasteiger partial charge is 0.384 e. The van der Waals surface area contributed by atoms with Gasteiger partial charge >= 0.3 is 0 Å². The summed E-state index contributed by atoms with van der Waals surface area (Å²) in [4.78, 5) is 0. The van der Waals surface area contributed by atoms with Gasteiger partial charge in [0.05, 0.1) is 12.5 Å². The fraction of sp³-hybridized carbons (Fsp3) is 0.462. The van der Waals surface area contributed by atoms with Crippen molar-refractivity contribution in [1.82, 2.24) is 0 Å². The van der Waals surface area contributed by atoms with Gasteiger partial charge in [0, 0.05) is 12.2 Å². The lowest BCUT2D eigenvalue weighted by atomic mass is 10.0. The number of hydrogen-bond acceptors (Lipinski definition) is 2. The predicted molar refractivity (Wildman–Crippen MR) is 64.0 cm³/mol. The van der Waals surface area contributed by atoms with E-state index in [4.69, 9.17) is 5.26 Å². The van der Waals surface area contributed by atoms with Crippen molar-refractivity contribution < 1.29 is 0 Å². The summed E-state index contributed by atoms with van der Waals surface area (Å²) in [5.41, 5.74) is 5.11. The number of benzene rings is 1. The minimum absolute atomic E-state index is 0.550. The summed E-state index contributed by atoms with van der Waals surface area (Å²) in [7, 11) is 0. The van der Waals surface area contributed by atoms with Crippen molar-refractivity contribution in [3.8, 4) is 6.07 Å². The van der Waals surface area contributed by atoms with Crippen LogP contribution in [0.15, 0.2) is 12.1 Å². The minimum atomic E-state index is 0.550. The van der Waals surface area contributed by atoms with E-state index in [-0.39, 0.29) is 0 Å². The third-order valence-corrected chi connectivity index (χ3v) is 2.69. The maximum Gasteiger partial charge on any atom is 0.0640 e. The van der Waals surface area contributed by atoms with Crippen molar-refractivity contribution in [3.05, 3.63) is 28.8 Å². The third-order valence-electron chi connectivity index (χ3n) is 2.69. The smallest absolute Gasteiger partial charge is 0.0640 e. The van der Waals surface area contributed by atoms with Crippen LogP contribution >= 0.6 is 0 Å². The second kappa shape index (κ2) is 5.41. The summed E-state index contributed by atoms with van der Waals surface area (Å²) >= 11 is 0. The van der Waals surface area contributed by atoms with Gasteiger partial charge in [-0.3, -0.25) is 0 Å². The first-order chi connectivity index (χ1) is 7.19. The van der Waals surface area contributed by atoms with Crippen molar-refractivity contribution >= 4 is 5.69 Å². The zero-order chi connectivity index (χ0) is 11.3. The highest BCUT2D eigenvalue weighted by Gasteiger charge is 2.02. The summed E-state index contributed by atoms with van der Waals surface area (Å²) in [6.45, 7) is 7.13. The Morgan fingerprint density at radius 2 is 2.07 bits per heavy atom. The monoisotopic (exact) mass is 202 g/mol. The third kappa shape index (κ3) is 2.99. The molecule has 0 saturated heterocycles. The van der Waals surface area contributed by atoms with Crippen LogP contribution in [0.5, 0.6) is 0 Å². The van der Waals surface area contributed by atoms with E-state index in [2.05, 4.69) is 44.3 Å². The van der Waals surface area contributed by atoms with E-state index >= 15 is 0 Å². The van der Waals surface area contributed by atoms with Crippen molar-refractivity contribution in [2.24, 2.45) is 0 Å². The number of hydrogen-bond donors (Lipinski definition) is 1. The van der Waals surface area contributed by atoms with E-state index in [9.17, 15) is 0 Å². The molecule has 2 nitrogen and oxygen atoms in total.